The van der Waals surface area contributed by atoms with Crippen LogP contribution in [0.1, 0.15) is 31.4 Å². The summed E-state index contributed by atoms with van der Waals surface area (Å²) >= 11 is 0. The van der Waals surface area contributed by atoms with Crippen LogP contribution in [-0.4, -0.2) is 18.6 Å². The van der Waals surface area contributed by atoms with Crippen LogP contribution in [0.3, 0.4) is 0 Å². The molecule has 0 fully saturated rings. The number of carbonyl (C=O) groups is 1. The fourth-order valence-corrected chi connectivity index (χ4v) is 3.02. The fraction of sp³-hybridized carbons (Fsp3) is 0.350. The lowest BCUT2D eigenvalue weighted by Gasteiger charge is -2.24. The molecule has 0 aromatic heterocycles. The lowest BCUT2D eigenvalue weighted by molar-refractivity contribution is -0.125. The van der Waals surface area contributed by atoms with Gasteiger partial charge in [0, 0.05) is 12.2 Å². The van der Waals surface area contributed by atoms with E-state index in [2.05, 4.69) is 25.1 Å². The van der Waals surface area contributed by atoms with Crippen molar-refractivity contribution in [1.82, 2.24) is 0 Å². The first-order chi connectivity index (χ1) is 11.2. The molecule has 0 unspecified atom stereocenters. The number of benzene rings is 2. The number of fused-ring (bicyclic) bond motifs is 1. The van der Waals surface area contributed by atoms with Gasteiger partial charge < -0.3 is 9.64 Å². The number of nitrogens with zero attached hydrogens (tertiary/aromatic N) is 1. The normalized spacial score (nSPS) is 14.4. The van der Waals surface area contributed by atoms with Gasteiger partial charge in [-0.1, -0.05) is 44.2 Å². The highest BCUT2D eigenvalue weighted by Crippen LogP contribution is 2.29. The third-order valence-electron chi connectivity index (χ3n) is 4.41. The first kappa shape index (κ1) is 15.6. The quantitative estimate of drug-likeness (QED) is 0.835. The average molecular weight is 309 g/mol. The van der Waals surface area contributed by atoms with Crippen LogP contribution >= 0.6 is 0 Å². The second kappa shape index (κ2) is 6.86. The summed E-state index contributed by atoms with van der Waals surface area (Å²) in [5.41, 5.74) is 3.54. The maximum absolute atomic E-state index is 12.9. The van der Waals surface area contributed by atoms with Gasteiger partial charge in [0.15, 0.2) is 6.10 Å². The molecule has 0 radical (unpaired) electrons. The average Bonchev–Trinajstić information content (AvgIpc) is 3.03. The van der Waals surface area contributed by atoms with Gasteiger partial charge in [-0.05, 0) is 48.6 Å². The second-order valence-electron chi connectivity index (χ2n) is 5.88. The minimum atomic E-state index is -0.436. The number of hydrogen-bond acceptors (Lipinski definition) is 2. The molecular formula is C20H23NO2. The Labute approximate surface area is 137 Å². The fourth-order valence-electron chi connectivity index (χ4n) is 3.02. The molecule has 0 aliphatic carbocycles. The van der Waals surface area contributed by atoms with E-state index in [0.29, 0.717) is 6.42 Å². The molecule has 0 bridgehead atoms. The molecule has 2 aromatic rings. The van der Waals surface area contributed by atoms with Gasteiger partial charge in [0.2, 0.25) is 0 Å². The van der Waals surface area contributed by atoms with Crippen molar-refractivity contribution in [2.24, 2.45) is 0 Å². The van der Waals surface area contributed by atoms with Gasteiger partial charge in [-0.15, -0.1) is 0 Å². The summed E-state index contributed by atoms with van der Waals surface area (Å²) in [4.78, 5) is 14.7. The molecule has 0 N–H and O–H groups in total. The highest BCUT2D eigenvalue weighted by Gasteiger charge is 2.30. The Kier molecular flexibility index (Phi) is 4.65. The zero-order valence-electron chi connectivity index (χ0n) is 13.8. The second-order valence-corrected chi connectivity index (χ2v) is 5.88. The van der Waals surface area contributed by atoms with Crippen LogP contribution in [0.5, 0.6) is 5.75 Å². The lowest BCUT2D eigenvalue weighted by Crippen LogP contribution is -2.41. The predicted molar refractivity (Wildman–Crippen MR) is 93.0 cm³/mol. The minimum Gasteiger partial charge on any atom is -0.481 e. The van der Waals surface area contributed by atoms with E-state index in [1.165, 1.54) is 11.1 Å². The van der Waals surface area contributed by atoms with Crippen LogP contribution < -0.4 is 9.64 Å². The zero-order chi connectivity index (χ0) is 16.2. The van der Waals surface area contributed by atoms with Crippen molar-refractivity contribution in [3.05, 3.63) is 59.7 Å². The molecule has 120 valence electrons. The van der Waals surface area contributed by atoms with Gasteiger partial charge in [-0.25, -0.2) is 0 Å². The predicted octanol–water partition coefficient (Wildman–Crippen LogP) is 4.00. The van der Waals surface area contributed by atoms with Crippen molar-refractivity contribution in [1.29, 1.82) is 0 Å². The number of hydrogen-bond donors (Lipinski definition) is 0. The van der Waals surface area contributed by atoms with Gasteiger partial charge in [0.05, 0.1) is 0 Å². The molecule has 0 saturated heterocycles. The Morgan fingerprint density at radius 2 is 1.87 bits per heavy atom. The number of rotatable bonds is 5. The molecule has 23 heavy (non-hydrogen) atoms. The molecular weight excluding hydrogens is 286 g/mol. The number of para-hydroxylation sites is 1. The molecule has 1 aliphatic rings. The number of amides is 1. The minimum absolute atomic E-state index is 0.0528. The van der Waals surface area contributed by atoms with E-state index in [4.69, 9.17) is 4.74 Å². The smallest absolute Gasteiger partial charge is 0.268 e. The van der Waals surface area contributed by atoms with E-state index in [9.17, 15) is 4.79 Å². The van der Waals surface area contributed by atoms with E-state index >= 15 is 0 Å². The Bertz CT molecular complexity index is 678. The Morgan fingerprint density at radius 1 is 1.13 bits per heavy atom. The van der Waals surface area contributed by atoms with Crippen molar-refractivity contribution in [2.45, 2.75) is 39.2 Å². The van der Waals surface area contributed by atoms with Crippen LogP contribution in [0.4, 0.5) is 5.69 Å². The molecule has 0 saturated carbocycles. The SMILES string of the molecule is CCc1ccc(O[C@H](CC)C(=O)N2CCc3ccccc32)cc1. The van der Waals surface area contributed by atoms with Gasteiger partial charge in [0.25, 0.3) is 5.91 Å². The highest BCUT2D eigenvalue weighted by atomic mass is 16.5. The lowest BCUT2D eigenvalue weighted by atomic mass is 10.1. The van der Waals surface area contributed by atoms with Crippen LogP contribution in [0.2, 0.25) is 0 Å². The Balaban J connectivity index is 1.74. The van der Waals surface area contributed by atoms with Gasteiger partial charge in [0.1, 0.15) is 5.75 Å². The third kappa shape index (κ3) is 3.24. The van der Waals surface area contributed by atoms with Crippen molar-refractivity contribution >= 4 is 11.6 Å². The maximum atomic E-state index is 12.9. The van der Waals surface area contributed by atoms with E-state index in [-0.39, 0.29) is 5.91 Å². The Morgan fingerprint density at radius 3 is 2.57 bits per heavy atom. The summed E-state index contributed by atoms with van der Waals surface area (Å²) in [6.07, 6.45) is 2.14. The molecule has 1 heterocycles. The van der Waals surface area contributed by atoms with E-state index < -0.39 is 6.10 Å². The third-order valence-corrected chi connectivity index (χ3v) is 4.41. The summed E-state index contributed by atoms with van der Waals surface area (Å²) in [5, 5.41) is 0. The number of ether oxygens (including phenoxy) is 1. The number of anilines is 1. The first-order valence-corrected chi connectivity index (χ1v) is 8.37. The summed E-state index contributed by atoms with van der Waals surface area (Å²) < 4.78 is 5.96. The molecule has 1 atom stereocenters. The summed E-state index contributed by atoms with van der Waals surface area (Å²) in [6.45, 7) is 4.86. The summed E-state index contributed by atoms with van der Waals surface area (Å²) in [7, 11) is 0. The van der Waals surface area contributed by atoms with Crippen molar-refractivity contribution < 1.29 is 9.53 Å². The molecule has 3 heteroatoms. The van der Waals surface area contributed by atoms with Crippen LogP contribution in [0, 0.1) is 0 Å². The molecule has 2 aromatic carbocycles. The first-order valence-electron chi connectivity index (χ1n) is 8.37. The van der Waals surface area contributed by atoms with Gasteiger partial charge >= 0.3 is 0 Å². The monoisotopic (exact) mass is 309 g/mol. The van der Waals surface area contributed by atoms with E-state index in [1.54, 1.807) is 0 Å². The largest absolute Gasteiger partial charge is 0.481 e. The van der Waals surface area contributed by atoms with E-state index in [1.807, 2.05) is 42.2 Å². The van der Waals surface area contributed by atoms with Crippen molar-refractivity contribution in [2.75, 3.05) is 11.4 Å². The molecule has 1 aliphatic heterocycles. The molecule has 3 nitrogen and oxygen atoms in total. The van der Waals surface area contributed by atoms with Crippen LogP contribution in [-0.2, 0) is 17.6 Å². The molecule has 3 rings (SSSR count). The molecule has 0 spiro atoms. The van der Waals surface area contributed by atoms with Crippen LogP contribution in [0.25, 0.3) is 0 Å². The van der Waals surface area contributed by atoms with E-state index in [0.717, 1.165) is 30.8 Å². The highest BCUT2D eigenvalue weighted by molar-refractivity contribution is 5.98. The summed E-state index contributed by atoms with van der Waals surface area (Å²) in [5.74, 6) is 0.812. The summed E-state index contributed by atoms with van der Waals surface area (Å²) in [6, 6.07) is 16.1. The van der Waals surface area contributed by atoms with Crippen LogP contribution in [0.15, 0.2) is 48.5 Å². The number of aryl methyl sites for hydroxylation is 1. The maximum Gasteiger partial charge on any atom is 0.268 e. The Hall–Kier alpha value is -2.29. The number of carbonyl (C=O) groups excluding carboxylic acids is 1. The van der Waals surface area contributed by atoms with Crippen molar-refractivity contribution in [3.63, 3.8) is 0 Å². The van der Waals surface area contributed by atoms with Gasteiger partial charge in [-0.2, -0.15) is 0 Å². The van der Waals surface area contributed by atoms with Gasteiger partial charge in [-0.3, -0.25) is 4.79 Å². The van der Waals surface area contributed by atoms with Crippen molar-refractivity contribution in [3.8, 4) is 5.75 Å². The standard InChI is InChI=1S/C20H23NO2/c1-3-15-9-11-17(12-10-15)23-19(4-2)20(22)21-14-13-16-7-5-6-8-18(16)21/h5-12,19H,3-4,13-14H2,1-2H3/t19-/m1/s1. The zero-order valence-corrected chi connectivity index (χ0v) is 13.8. The molecule has 1 amide bonds. The topological polar surface area (TPSA) is 29.5 Å².